The number of pyridine rings is 1. The van der Waals surface area contributed by atoms with Gasteiger partial charge in [0.25, 0.3) is 0 Å². The Morgan fingerprint density at radius 1 is 0.969 bits per heavy atom. The van der Waals surface area contributed by atoms with Gasteiger partial charge >= 0.3 is 0 Å². The second kappa shape index (κ2) is 11.1. The van der Waals surface area contributed by atoms with Crippen LogP contribution in [0.15, 0.2) is 79.1 Å². The summed E-state index contributed by atoms with van der Waals surface area (Å²) >= 11 is 0. The lowest BCUT2D eigenvalue weighted by Crippen LogP contribution is -2.44. The van der Waals surface area contributed by atoms with Crippen molar-refractivity contribution in [3.8, 4) is 5.75 Å². The molecule has 0 spiro atoms. The van der Waals surface area contributed by atoms with E-state index in [0.29, 0.717) is 13.1 Å². The smallest absolute Gasteiger partial charge is 0.247 e. The maximum Gasteiger partial charge on any atom is 0.247 e. The summed E-state index contributed by atoms with van der Waals surface area (Å²) in [5.74, 6) is 0.156. The summed E-state index contributed by atoms with van der Waals surface area (Å²) in [4.78, 5) is 32.5. The third-order valence-corrected chi connectivity index (χ3v) is 5.15. The first kappa shape index (κ1) is 23.0. The van der Waals surface area contributed by atoms with Gasteiger partial charge in [-0.1, -0.05) is 62.4 Å². The van der Waals surface area contributed by atoms with Crippen molar-refractivity contribution in [2.45, 2.75) is 33.0 Å². The van der Waals surface area contributed by atoms with Gasteiger partial charge in [-0.2, -0.15) is 0 Å². The number of carbonyl (C=O) groups is 2. The number of hydrogen-bond acceptors (Lipinski definition) is 4. The van der Waals surface area contributed by atoms with E-state index in [-0.39, 0.29) is 17.7 Å². The fourth-order valence-corrected chi connectivity index (χ4v) is 3.45. The predicted molar refractivity (Wildman–Crippen MR) is 124 cm³/mol. The quantitative estimate of drug-likeness (QED) is 0.553. The van der Waals surface area contributed by atoms with Crippen LogP contribution < -0.4 is 10.1 Å². The van der Waals surface area contributed by atoms with E-state index in [1.807, 2.05) is 80.6 Å². The fourth-order valence-electron chi connectivity index (χ4n) is 3.45. The zero-order valence-corrected chi connectivity index (χ0v) is 18.7. The second-order valence-corrected chi connectivity index (χ2v) is 7.86. The van der Waals surface area contributed by atoms with E-state index >= 15 is 0 Å². The van der Waals surface area contributed by atoms with Gasteiger partial charge in [0.1, 0.15) is 11.8 Å². The van der Waals surface area contributed by atoms with Crippen LogP contribution in [0.1, 0.15) is 36.6 Å². The summed E-state index contributed by atoms with van der Waals surface area (Å²) in [6.07, 6.45) is 3.40. The van der Waals surface area contributed by atoms with E-state index < -0.39 is 6.04 Å². The van der Waals surface area contributed by atoms with Crippen molar-refractivity contribution in [2.75, 3.05) is 7.11 Å². The summed E-state index contributed by atoms with van der Waals surface area (Å²) in [6, 6.07) is 19.9. The molecule has 166 valence electrons. The van der Waals surface area contributed by atoms with Crippen molar-refractivity contribution in [3.05, 3.63) is 95.8 Å². The Morgan fingerprint density at radius 2 is 1.69 bits per heavy atom. The zero-order chi connectivity index (χ0) is 22.9. The van der Waals surface area contributed by atoms with Gasteiger partial charge < -0.3 is 15.0 Å². The van der Waals surface area contributed by atoms with Crippen molar-refractivity contribution in [3.63, 3.8) is 0 Å². The lowest BCUT2D eigenvalue weighted by molar-refractivity contribution is -0.144. The first-order valence-electron chi connectivity index (χ1n) is 10.6. The van der Waals surface area contributed by atoms with Crippen LogP contribution in [0, 0.1) is 5.92 Å². The molecule has 0 saturated heterocycles. The molecule has 1 heterocycles. The molecule has 0 bridgehead atoms. The largest absolute Gasteiger partial charge is 0.497 e. The van der Waals surface area contributed by atoms with Crippen molar-refractivity contribution in [2.24, 2.45) is 5.92 Å². The zero-order valence-electron chi connectivity index (χ0n) is 18.7. The SMILES string of the molecule is COc1ccc(CN(C(=O)C(C)C)C(C(=O)NCc2cccnc2)c2ccccc2)cc1. The summed E-state index contributed by atoms with van der Waals surface area (Å²) in [5, 5.41) is 2.98. The molecule has 32 heavy (non-hydrogen) atoms. The minimum absolute atomic E-state index is 0.0915. The highest BCUT2D eigenvalue weighted by Gasteiger charge is 2.32. The number of nitrogens with one attached hydrogen (secondary N) is 1. The number of nitrogens with zero attached hydrogens (tertiary/aromatic N) is 2. The number of hydrogen-bond donors (Lipinski definition) is 1. The number of rotatable bonds is 9. The summed E-state index contributed by atoms with van der Waals surface area (Å²) in [6.45, 7) is 4.33. The molecule has 2 aromatic carbocycles. The molecule has 0 fully saturated rings. The molecule has 3 rings (SSSR count). The second-order valence-electron chi connectivity index (χ2n) is 7.86. The number of aromatic nitrogens is 1. The van der Waals surface area contributed by atoms with Gasteiger partial charge in [-0.15, -0.1) is 0 Å². The highest BCUT2D eigenvalue weighted by Crippen LogP contribution is 2.26. The van der Waals surface area contributed by atoms with E-state index in [1.54, 1.807) is 24.4 Å². The summed E-state index contributed by atoms with van der Waals surface area (Å²) in [7, 11) is 1.61. The average Bonchev–Trinajstić information content (AvgIpc) is 2.83. The van der Waals surface area contributed by atoms with Crippen molar-refractivity contribution in [1.29, 1.82) is 0 Å². The maximum absolute atomic E-state index is 13.4. The van der Waals surface area contributed by atoms with Gasteiger partial charge in [-0.25, -0.2) is 0 Å². The minimum Gasteiger partial charge on any atom is -0.497 e. The van der Waals surface area contributed by atoms with E-state index in [1.165, 1.54) is 0 Å². The Balaban J connectivity index is 1.92. The van der Waals surface area contributed by atoms with Crippen molar-refractivity contribution < 1.29 is 14.3 Å². The van der Waals surface area contributed by atoms with Gasteiger partial charge in [-0.3, -0.25) is 14.6 Å². The Bertz CT molecular complexity index is 1010. The molecule has 1 N–H and O–H groups in total. The normalized spacial score (nSPS) is 11.6. The fraction of sp³-hybridized carbons (Fsp3) is 0.269. The van der Waals surface area contributed by atoms with Crippen LogP contribution in [-0.4, -0.2) is 28.8 Å². The van der Waals surface area contributed by atoms with Gasteiger partial charge in [-0.05, 0) is 34.9 Å². The molecule has 1 atom stereocenters. The van der Waals surface area contributed by atoms with Crippen LogP contribution >= 0.6 is 0 Å². The average molecular weight is 432 g/mol. The number of benzene rings is 2. The van der Waals surface area contributed by atoms with Gasteiger partial charge in [0, 0.05) is 31.4 Å². The lowest BCUT2D eigenvalue weighted by atomic mass is 10.0. The van der Waals surface area contributed by atoms with Crippen LogP contribution in [-0.2, 0) is 22.7 Å². The van der Waals surface area contributed by atoms with Crippen LogP contribution in [0.25, 0.3) is 0 Å². The predicted octanol–water partition coefficient (Wildman–Crippen LogP) is 4.13. The topological polar surface area (TPSA) is 71.5 Å². The maximum atomic E-state index is 13.4. The molecule has 2 amide bonds. The Morgan fingerprint density at radius 3 is 2.28 bits per heavy atom. The van der Waals surface area contributed by atoms with E-state index in [0.717, 1.165) is 22.4 Å². The van der Waals surface area contributed by atoms with Gasteiger partial charge in [0.05, 0.1) is 7.11 Å². The highest BCUT2D eigenvalue weighted by atomic mass is 16.5. The molecule has 6 nitrogen and oxygen atoms in total. The Labute approximate surface area is 189 Å². The number of amides is 2. The summed E-state index contributed by atoms with van der Waals surface area (Å²) < 4.78 is 5.24. The number of methoxy groups -OCH3 is 1. The van der Waals surface area contributed by atoms with Crippen LogP contribution in [0.3, 0.4) is 0 Å². The Kier molecular flexibility index (Phi) is 7.97. The molecule has 0 saturated carbocycles. The molecule has 3 aromatic rings. The highest BCUT2D eigenvalue weighted by molar-refractivity contribution is 5.89. The number of ether oxygens (including phenoxy) is 1. The first-order chi connectivity index (χ1) is 15.5. The Hall–Kier alpha value is -3.67. The molecule has 0 aliphatic rings. The van der Waals surface area contributed by atoms with Gasteiger partial charge in [0.2, 0.25) is 11.8 Å². The molecular weight excluding hydrogens is 402 g/mol. The van der Waals surface area contributed by atoms with E-state index in [2.05, 4.69) is 10.3 Å². The van der Waals surface area contributed by atoms with Crippen LogP contribution in [0.2, 0.25) is 0 Å². The van der Waals surface area contributed by atoms with Crippen molar-refractivity contribution >= 4 is 11.8 Å². The minimum atomic E-state index is -0.759. The van der Waals surface area contributed by atoms with Crippen LogP contribution in [0.4, 0.5) is 0 Å². The van der Waals surface area contributed by atoms with Gasteiger partial charge in [0.15, 0.2) is 0 Å². The third kappa shape index (κ3) is 5.94. The van der Waals surface area contributed by atoms with E-state index in [4.69, 9.17) is 4.74 Å². The van der Waals surface area contributed by atoms with Crippen molar-refractivity contribution in [1.82, 2.24) is 15.2 Å². The molecule has 0 aliphatic carbocycles. The summed E-state index contributed by atoms with van der Waals surface area (Å²) in [5.41, 5.74) is 2.57. The molecule has 1 aromatic heterocycles. The molecule has 6 heteroatoms. The molecule has 0 aliphatic heterocycles. The molecular formula is C26H29N3O3. The standard InChI is InChI=1S/C26H29N3O3/c1-19(2)26(31)29(18-20-11-13-23(32-3)14-12-20)24(22-9-5-4-6-10-22)25(30)28-17-21-8-7-15-27-16-21/h4-16,19,24H,17-18H2,1-3H3,(H,28,30). The van der Waals surface area contributed by atoms with E-state index in [9.17, 15) is 9.59 Å². The monoisotopic (exact) mass is 431 g/mol. The molecule has 0 radical (unpaired) electrons. The van der Waals surface area contributed by atoms with Crippen LogP contribution in [0.5, 0.6) is 5.75 Å². The molecule has 1 unspecified atom stereocenters. The first-order valence-corrected chi connectivity index (χ1v) is 10.6. The lowest BCUT2D eigenvalue weighted by Gasteiger charge is -2.33. The number of carbonyl (C=O) groups excluding carboxylic acids is 2. The third-order valence-electron chi connectivity index (χ3n) is 5.15.